The third-order valence-corrected chi connectivity index (χ3v) is 3.37. The van der Waals surface area contributed by atoms with Gasteiger partial charge in [-0.15, -0.1) is 0 Å². The lowest BCUT2D eigenvalue weighted by atomic mass is 9.82. The van der Waals surface area contributed by atoms with E-state index >= 15 is 0 Å². The smallest absolute Gasteiger partial charge is 0.358 e. The topological polar surface area (TPSA) is 72.6 Å². The van der Waals surface area contributed by atoms with Crippen LogP contribution in [0.3, 0.4) is 0 Å². The Morgan fingerprint density at radius 2 is 2.11 bits per heavy atom. The highest BCUT2D eigenvalue weighted by atomic mass is 16.5. The molecule has 0 radical (unpaired) electrons. The highest BCUT2D eigenvalue weighted by Gasteiger charge is 2.24. The molecule has 1 heterocycles. The first-order valence-electron chi connectivity index (χ1n) is 6.35. The highest BCUT2D eigenvalue weighted by molar-refractivity contribution is 5.85. The average Bonchev–Trinajstić information content (AvgIpc) is 2.73. The molecule has 0 spiro atoms. The van der Waals surface area contributed by atoms with E-state index in [0.29, 0.717) is 24.2 Å². The van der Waals surface area contributed by atoms with Gasteiger partial charge in [-0.2, -0.15) is 0 Å². The van der Waals surface area contributed by atoms with Gasteiger partial charge < -0.3 is 14.4 Å². The molecule has 0 aliphatic heterocycles. The molecule has 1 N–H and O–H groups in total. The highest BCUT2D eigenvalue weighted by Crippen LogP contribution is 2.30. The number of carboxylic acid groups (broad SMARTS) is 1. The van der Waals surface area contributed by atoms with Gasteiger partial charge in [-0.05, 0) is 31.1 Å². The van der Waals surface area contributed by atoms with Crippen LogP contribution in [0.15, 0.2) is 10.6 Å². The van der Waals surface area contributed by atoms with Crippen LogP contribution in [0.25, 0.3) is 0 Å². The molecule has 5 nitrogen and oxygen atoms in total. The van der Waals surface area contributed by atoms with Crippen molar-refractivity contribution in [2.75, 3.05) is 0 Å². The largest absolute Gasteiger partial charge is 0.476 e. The Labute approximate surface area is 106 Å². The second kappa shape index (κ2) is 5.52. The minimum atomic E-state index is -1.08. The molecule has 1 fully saturated rings. The van der Waals surface area contributed by atoms with Gasteiger partial charge in [0.2, 0.25) is 0 Å². The normalized spacial score (nSPS) is 28.2. The molecule has 18 heavy (non-hydrogen) atoms. The van der Waals surface area contributed by atoms with Crippen LogP contribution >= 0.6 is 0 Å². The van der Waals surface area contributed by atoms with Gasteiger partial charge in [-0.25, -0.2) is 4.79 Å². The summed E-state index contributed by atoms with van der Waals surface area (Å²) in [5, 5.41) is 12.2. The summed E-state index contributed by atoms with van der Waals surface area (Å²) in [6.45, 7) is 4.77. The maximum Gasteiger partial charge on any atom is 0.358 e. The summed E-state index contributed by atoms with van der Waals surface area (Å²) in [4.78, 5) is 10.6. The fourth-order valence-corrected chi connectivity index (χ4v) is 2.69. The minimum Gasteiger partial charge on any atom is -0.476 e. The van der Waals surface area contributed by atoms with Crippen molar-refractivity contribution in [3.8, 4) is 0 Å². The third kappa shape index (κ3) is 3.32. The monoisotopic (exact) mass is 253 g/mol. The molecule has 0 amide bonds. The van der Waals surface area contributed by atoms with Crippen LogP contribution in [-0.4, -0.2) is 22.3 Å². The molecule has 1 aromatic heterocycles. The lowest BCUT2D eigenvalue weighted by Gasteiger charge is -2.31. The van der Waals surface area contributed by atoms with Crippen LogP contribution in [0, 0.1) is 11.8 Å². The molecule has 2 rings (SSSR count). The van der Waals surface area contributed by atoms with E-state index in [-0.39, 0.29) is 11.8 Å². The van der Waals surface area contributed by atoms with Crippen LogP contribution in [0.1, 0.15) is 49.4 Å². The molecule has 2 unspecified atom stereocenters. The van der Waals surface area contributed by atoms with E-state index in [1.807, 2.05) is 0 Å². The maximum atomic E-state index is 10.6. The van der Waals surface area contributed by atoms with E-state index in [4.69, 9.17) is 14.4 Å². The number of aromatic nitrogens is 1. The Morgan fingerprint density at radius 3 is 2.67 bits per heavy atom. The van der Waals surface area contributed by atoms with Crippen molar-refractivity contribution in [2.24, 2.45) is 11.8 Å². The molecule has 1 saturated carbocycles. The summed E-state index contributed by atoms with van der Waals surface area (Å²) in [7, 11) is 0. The van der Waals surface area contributed by atoms with E-state index in [9.17, 15) is 4.79 Å². The van der Waals surface area contributed by atoms with E-state index in [2.05, 4.69) is 19.0 Å². The quantitative estimate of drug-likeness (QED) is 0.893. The zero-order chi connectivity index (χ0) is 13.1. The molecular weight excluding hydrogens is 234 g/mol. The van der Waals surface area contributed by atoms with Crippen LogP contribution in [-0.2, 0) is 11.3 Å². The van der Waals surface area contributed by atoms with Gasteiger partial charge in [0.1, 0.15) is 6.61 Å². The first-order valence-corrected chi connectivity index (χ1v) is 6.35. The Morgan fingerprint density at radius 1 is 1.44 bits per heavy atom. The standard InChI is InChI=1S/C13H19NO4/c1-8-3-9(2)5-10(4-8)17-7-11-6-12(13(15)16)14-18-11/h6,8-10H,3-5,7H2,1-2H3,(H,15,16). The van der Waals surface area contributed by atoms with Crippen LogP contribution in [0.4, 0.5) is 0 Å². The number of nitrogens with zero attached hydrogens (tertiary/aromatic N) is 1. The van der Waals surface area contributed by atoms with Crippen molar-refractivity contribution in [1.82, 2.24) is 5.16 Å². The first-order chi connectivity index (χ1) is 8.54. The zero-order valence-corrected chi connectivity index (χ0v) is 10.8. The van der Waals surface area contributed by atoms with Gasteiger partial charge in [-0.1, -0.05) is 19.0 Å². The average molecular weight is 253 g/mol. The van der Waals surface area contributed by atoms with Crippen molar-refractivity contribution in [3.05, 3.63) is 17.5 Å². The van der Waals surface area contributed by atoms with E-state index in [1.165, 1.54) is 12.5 Å². The van der Waals surface area contributed by atoms with Crippen molar-refractivity contribution in [2.45, 2.75) is 45.8 Å². The summed E-state index contributed by atoms with van der Waals surface area (Å²) in [6.07, 6.45) is 3.61. The Bertz CT molecular complexity index is 405. The molecule has 2 atom stereocenters. The van der Waals surface area contributed by atoms with E-state index in [0.717, 1.165) is 12.8 Å². The second-order valence-electron chi connectivity index (χ2n) is 5.33. The number of carboxylic acids is 1. The van der Waals surface area contributed by atoms with Gasteiger partial charge in [0, 0.05) is 6.07 Å². The zero-order valence-electron chi connectivity index (χ0n) is 10.8. The molecule has 5 heteroatoms. The lowest BCUT2D eigenvalue weighted by molar-refractivity contribution is -0.0172. The van der Waals surface area contributed by atoms with E-state index in [1.54, 1.807) is 0 Å². The van der Waals surface area contributed by atoms with Crippen molar-refractivity contribution < 1.29 is 19.2 Å². The van der Waals surface area contributed by atoms with Crippen molar-refractivity contribution in [3.63, 3.8) is 0 Å². The summed E-state index contributed by atoms with van der Waals surface area (Å²) in [6, 6.07) is 1.41. The molecule has 0 bridgehead atoms. The van der Waals surface area contributed by atoms with Gasteiger partial charge in [0.15, 0.2) is 11.5 Å². The lowest BCUT2D eigenvalue weighted by Crippen LogP contribution is -2.26. The third-order valence-electron chi connectivity index (χ3n) is 3.37. The van der Waals surface area contributed by atoms with Gasteiger partial charge in [-0.3, -0.25) is 0 Å². The number of hydrogen-bond acceptors (Lipinski definition) is 4. The minimum absolute atomic E-state index is 0.0704. The van der Waals surface area contributed by atoms with Gasteiger partial charge in [0.05, 0.1) is 6.10 Å². The Balaban J connectivity index is 1.85. The van der Waals surface area contributed by atoms with Crippen LogP contribution < -0.4 is 0 Å². The van der Waals surface area contributed by atoms with Gasteiger partial charge >= 0.3 is 5.97 Å². The van der Waals surface area contributed by atoms with Crippen molar-refractivity contribution in [1.29, 1.82) is 0 Å². The predicted molar refractivity (Wildman–Crippen MR) is 64.2 cm³/mol. The molecule has 0 aromatic carbocycles. The summed E-state index contributed by atoms with van der Waals surface area (Å²) in [5.74, 6) is 0.759. The van der Waals surface area contributed by atoms with E-state index < -0.39 is 5.97 Å². The molecule has 1 aliphatic carbocycles. The molecule has 1 aromatic rings. The van der Waals surface area contributed by atoms with Gasteiger partial charge in [0.25, 0.3) is 0 Å². The molecule has 0 saturated heterocycles. The molecule has 1 aliphatic rings. The predicted octanol–water partition coefficient (Wildman–Crippen LogP) is 2.71. The fraction of sp³-hybridized carbons (Fsp3) is 0.692. The summed E-state index contributed by atoms with van der Waals surface area (Å²) >= 11 is 0. The fourth-order valence-electron chi connectivity index (χ4n) is 2.69. The molecule has 100 valence electrons. The SMILES string of the molecule is CC1CC(C)CC(OCc2cc(C(=O)O)no2)C1. The van der Waals surface area contributed by atoms with Crippen LogP contribution in [0.5, 0.6) is 0 Å². The molecular formula is C13H19NO4. The Hall–Kier alpha value is -1.36. The summed E-state index contributed by atoms with van der Waals surface area (Å²) < 4.78 is 10.7. The van der Waals surface area contributed by atoms with Crippen molar-refractivity contribution >= 4 is 5.97 Å². The number of hydrogen-bond donors (Lipinski definition) is 1. The summed E-state index contributed by atoms with van der Waals surface area (Å²) in [5.41, 5.74) is -0.0704. The second-order valence-corrected chi connectivity index (χ2v) is 5.33. The number of rotatable bonds is 4. The number of ether oxygens (including phenoxy) is 1. The first kappa shape index (κ1) is 13.1. The number of aromatic carboxylic acids is 1. The van der Waals surface area contributed by atoms with Crippen LogP contribution in [0.2, 0.25) is 0 Å². The Kier molecular flexibility index (Phi) is 4.01. The number of carbonyl (C=O) groups is 1. The maximum absolute atomic E-state index is 10.6.